The third-order valence-corrected chi connectivity index (χ3v) is 6.54. The Morgan fingerprint density at radius 3 is 2.87 bits per heavy atom. The average molecular weight is 441 g/mol. The van der Waals surface area contributed by atoms with Crippen molar-refractivity contribution in [3.05, 3.63) is 52.5 Å². The lowest BCUT2D eigenvalue weighted by molar-refractivity contribution is 0.0698. The van der Waals surface area contributed by atoms with E-state index in [9.17, 15) is 14.7 Å². The number of benzene rings is 1. The number of anilines is 1. The summed E-state index contributed by atoms with van der Waals surface area (Å²) in [6.45, 7) is 2.14. The Bertz CT molecular complexity index is 1120. The Hall–Kier alpha value is -3.17. The largest absolute Gasteiger partial charge is 0.489 e. The van der Waals surface area contributed by atoms with Crippen LogP contribution in [0, 0.1) is 0 Å². The van der Waals surface area contributed by atoms with Gasteiger partial charge in [-0.05, 0) is 56.6 Å². The number of nitrogens with zero attached hydrogens (tertiary/aromatic N) is 2. The lowest BCUT2D eigenvalue weighted by atomic mass is 10.0. The fourth-order valence-electron chi connectivity index (χ4n) is 3.70. The highest BCUT2D eigenvalue weighted by Crippen LogP contribution is 2.33. The molecule has 3 aromatic rings. The van der Waals surface area contributed by atoms with Crippen molar-refractivity contribution in [3.63, 3.8) is 0 Å². The number of nitrogens with two attached hydrogens (primary N) is 1. The number of likely N-dealkylation sites (tertiary alicyclic amines) is 1. The molecule has 0 atom stereocenters. The summed E-state index contributed by atoms with van der Waals surface area (Å²) in [6, 6.07) is 7.22. The summed E-state index contributed by atoms with van der Waals surface area (Å²) in [5.74, 6) is -0.335. The molecule has 1 saturated heterocycles. The van der Waals surface area contributed by atoms with Gasteiger partial charge in [0.15, 0.2) is 0 Å². The number of nitrogens with one attached hydrogen (secondary N) is 1. The van der Waals surface area contributed by atoms with Crippen LogP contribution in [-0.2, 0) is 6.61 Å². The van der Waals surface area contributed by atoms with E-state index in [1.54, 1.807) is 24.3 Å². The molecule has 1 aliphatic heterocycles. The zero-order valence-corrected chi connectivity index (χ0v) is 17.9. The number of carbonyl (C=O) groups is 2. The number of aromatic carboxylic acids is 1. The molecule has 1 amide bonds. The first kappa shape index (κ1) is 21.1. The van der Waals surface area contributed by atoms with Gasteiger partial charge in [0.05, 0.1) is 10.3 Å². The molecule has 0 unspecified atom stereocenters. The number of thiophene rings is 1. The van der Waals surface area contributed by atoms with Crippen LogP contribution in [0.3, 0.4) is 0 Å². The Kier molecular flexibility index (Phi) is 6.06. The number of amides is 1. The monoisotopic (exact) mass is 440 g/mol. The number of fused-ring (bicyclic) bond motifs is 1. The molecule has 1 aromatic carbocycles. The van der Waals surface area contributed by atoms with Crippen LogP contribution in [-0.4, -0.2) is 53.0 Å². The van der Waals surface area contributed by atoms with E-state index < -0.39 is 5.97 Å². The number of hydrogen-bond donors (Lipinski definition) is 3. The molecule has 162 valence electrons. The lowest BCUT2D eigenvalue weighted by Crippen LogP contribution is -2.43. The first-order chi connectivity index (χ1) is 14.9. The Balaban J connectivity index is 1.46. The molecule has 0 saturated carbocycles. The van der Waals surface area contributed by atoms with Crippen molar-refractivity contribution in [2.45, 2.75) is 25.5 Å². The van der Waals surface area contributed by atoms with Gasteiger partial charge < -0.3 is 25.8 Å². The van der Waals surface area contributed by atoms with Crippen LogP contribution in [0.5, 0.6) is 5.75 Å². The smallest absolute Gasteiger partial charge is 0.338 e. The Morgan fingerprint density at radius 2 is 2.13 bits per heavy atom. The molecule has 1 aliphatic rings. The summed E-state index contributed by atoms with van der Waals surface area (Å²) in [4.78, 5) is 30.3. The lowest BCUT2D eigenvalue weighted by Gasteiger charge is -2.29. The molecular weight excluding hydrogens is 416 g/mol. The SMILES string of the molecule is CN1CCC(NC(=O)c2cccc(OCc3csc4c(C(=O)O)cnc(N)c34)c2)CC1. The van der Waals surface area contributed by atoms with Gasteiger partial charge in [-0.3, -0.25) is 4.79 Å². The highest BCUT2D eigenvalue weighted by Gasteiger charge is 2.20. The van der Waals surface area contributed by atoms with Crippen LogP contribution in [0.1, 0.15) is 39.1 Å². The van der Waals surface area contributed by atoms with Crippen molar-refractivity contribution < 1.29 is 19.4 Å². The molecule has 0 spiro atoms. The van der Waals surface area contributed by atoms with Crippen molar-refractivity contribution >= 4 is 39.1 Å². The minimum Gasteiger partial charge on any atom is -0.489 e. The van der Waals surface area contributed by atoms with Gasteiger partial charge in [0.1, 0.15) is 18.2 Å². The average Bonchev–Trinajstić information content (AvgIpc) is 3.19. The van der Waals surface area contributed by atoms with Crippen molar-refractivity contribution in [3.8, 4) is 5.75 Å². The number of aromatic nitrogens is 1. The van der Waals surface area contributed by atoms with Crippen LogP contribution < -0.4 is 15.8 Å². The second-order valence-electron chi connectivity index (χ2n) is 7.69. The molecule has 2 aromatic heterocycles. The van der Waals surface area contributed by atoms with Gasteiger partial charge in [-0.2, -0.15) is 0 Å². The van der Waals surface area contributed by atoms with Crippen LogP contribution in [0.25, 0.3) is 10.1 Å². The van der Waals surface area contributed by atoms with Crippen molar-refractivity contribution in [2.75, 3.05) is 25.9 Å². The maximum atomic E-state index is 12.6. The van der Waals surface area contributed by atoms with E-state index in [4.69, 9.17) is 10.5 Å². The molecule has 8 nitrogen and oxygen atoms in total. The standard InChI is InChI=1S/C22H24N4O4S/c1-26-7-5-15(6-8-26)25-21(27)13-3-2-4-16(9-13)30-11-14-12-31-19-17(22(28)29)10-24-20(23)18(14)19/h2-4,9-10,12,15H,5-8,11H2,1H3,(H2,23,24)(H,25,27)(H,28,29). The second-order valence-corrected chi connectivity index (χ2v) is 8.57. The van der Waals surface area contributed by atoms with Crippen molar-refractivity contribution in [1.82, 2.24) is 15.2 Å². The fourth-order valence-corrected chi connectivity index (χ4v) is 4.76. The predicted octanol–water partition coefficient (Wildman–Crippen LogP) is 2.98. The number of nitrogen functional groups attached to an aromatic ring is 1. The van der Waals surface area contributed by atoms with Crippen LogP contribution >= 0.6 is 11.3 Å². The number of piperidine rings is 1. The number of ether oxygens (including phenoxy) is 1. The number of hydrogen-bond acceptors (Lipinski definition) is 7. The van der Waals surface area contributed by atoms with Gasteiger partial charge in [-0.25, -0.2) is 9.78 Å². The zero-order valence-electron chi connectivity index (χ0n) is 17.1. The number of carbonyl (C=O) groups excluding carboxylic acids is 1. The Morgan fingerprint density at radius 1 is 1.35 bits per heavy atom. The molecule has 31 heavy (non-hydrogen) atoms. The Labute approximate surface area is 183 Å². The quantitative estimate of drug-likeness (QED) is 0.539. The van der Waals surface area contributed by atoms with Crippen LogP contribution in [0.4, 0.5) is 5.82 Å². The number of carboxylic acid groups (broad SMARTS) is 1. The molecule has 4 rings (SSSR count). The number of carboxylic acids is 1. The number of rotatable bonds is 6. The van der Waals surface area contributed by atoms with Crippen molar-refractivity contribution in [1.29, 1.82) is 0 Å². The first-order valence-electron chi connectivity index (χ1n) is 10.0. The summed E-state index contributed by atoms with van der Waals surface area (Å²) in [6.07, 6.45) is 3.16. The van der Waals surface area contributed by atoms with Crippen LogP contribution in [0.15, 0.2) is 35.8 Å². The molecule has 9 heteroatoms. The van der Waals surface area contributed by atoms with E-state index in [0.29, 0.717) is 21.4 Å². The van der Waals surface area contributed by atoms with Gasteiger partial charge in [-0.15, -0.1) is 11.3 Å². The highest BCUT2D eigenvalue weighted by atomic mass is 32.1. The van der Waals surface area contributed by atoms with Gasteiger partial charge in [0.25, 0.3) is 5.91 Å². The highest BCUT2D eigenvalue weighted by molar-refractivity contribution is 7.17. The van der Waals surface area contributed by atoms with Gasteiger partial charge >= 0.3 is 5.97 Å². The number of pyridine rings is 1. The maximum absolute atomic E-state index is 12.6. The predicted molar refractivity (Wildman–Crippen MR) is 120 cm³/mol. The summed E-state index contributed by atoms with van der Waals surface area (Å²) in [7, 11) is 2.09. The topological polar surface area (TPSA) is 118 Å². The van der Waals surface area contributed by atoms with Gasteiger partial charge in [0, 0.05) is 28.8 Å². The molecule has 4 N–H and O–H groups in total. The summed E-state index contributed by atoms with van der Waals surface area (Å²) in [5.41, 5.74) is 7.41. The molecule has 0 radical (unpaired) electrons. The maximum Gasteiger partial charge on any atom is 0.338 e. The van der Waals surface area contributed by atoms with E-state index >= 15 is 0 Å². The van der Waals surface area contributed by atoms with Crippen molar-refractivity contribution in [2.24, 2.45) is 0 Å². The van der Waals surface area contributed by atoms with E-state index in [-0.39, 0.29) is 29.9 Å². The normalized spacial score (nSPS) is 15.1. The van der Waals surface area contributed by atoms with Gasteiger partial charge in [0.2, 0.25) is 0 Å². The molecule has 0 bridgehead atoms. The van der Waals surface area contributed by atoms with E-state index in [2.05, 4.69) is 22.2 Å². The first-order valence-corrected chi connectivity index (χ1v) is 10.9. The molecule has 3 heterocycles. The summed E-state index contributed by atoms with van der Waals surface area (Å²) >= 11 is 1.30. The van der Waals surface area contributed by atoms with E-state index in [1.165, 1.54) is 17.5 Å². The van der Waals surface area contributed by atoms with Crippen LogP contribution in [0.2, 0.25) is 0 Å². The molecule has 1 fully saturated rings. The minimum atomic E-state index is -1.05. The van der Waals surface area contributed by atoms with E-state index in [0.717, 1.165) is 31.5 Å². The van der Waals surface area contributed by atoms with Gasteiger partial charge in [-0.1, -0.05) is 6.07 Å². The third-order valence-electron chi connectivity index (χ3n) is 5.48. The fraction of sp³-hybridized carbons (Fsp3) is 0.318. The molecule has 0 aliphatic carbocycles. The second kappa shape index (κ2) is 8.91. The molecular formula is C22H24N4O4S. The summed E-state index contributed by atoms with van der Waals surface area (Å²) in [5, 5.41) is 14.9. The van der Waals surface area contributed by atoms with E-state index in [1.807, 2.05) is 5.38 Å². The summed E-state index contributed by atoms with van der Waals surface area (Å²) < 4.78 is 6.47. The third kappa shape index (κ3) is 4.62. The minimum absolute atomic E-state index is 0.111. The zero-order chi connectivity index (χ0) is 22.0.